The molecule has 2 heterocycles. The molecule has 0 aliphatic heterocycles. The molecule has 124 valence electrons. The first-order chi connectivity index (χ1) is 11.5. The highest BCUT2D eigenvalue weighted by molar-refractivity contribution is 5.97. The Balaban J connectivity index is 1.85. The number of hydrogen-bond acceptors (Lipinski definition) is 4. The SMILES string of the molecule is Cc1noc2ncc(C(=O)N[C@@H](CC(C)C)c3ccccc3)cc12. The first-order valence-electron chi connectivity index (χ1n) is 8.12. The van der Waals surface area contributed by atoms with Gasteiger partial charge in [-0.05, 0) is 30.9 Å². The fourth-order valence-electron chi connectivity index (χ4n) is 2.75. The zero-order valence-corrected chi connectivity index (χ0v) is 14.1. The molecule has 24 heavy (non-hydrogen) atoms. The van der Waals surface area contributed by atoms with E-state index >= 15 is 0 Å². The third kappa shape index (κ3) is 3.45. The van der Waals surface area contributed by atoms with E-state index in [0.29, 0.717) is 17.2 Å². The van der Waals surface area contributed by atoms with Gasteiger partial charge >= 0.3 is 0 Å². The van der Waals surface area contributed by atoms with Crippen LogP contribution in [0, 0.1) is 12.8 Å². The summed E-state index contributed by atoms with van der Waals surface area (Å²) in [6.45, 7) is 6.13. The molecule has 0 unspecified atom stereocenters. The Labute approximate surface area is 141 Å². The summed E-state index contributed by atoms with van der Waals surface area (Å²) in [6.07, 6.45) is 2.40. The summed E-state index contributed by atoms with van der Waals surface area (Å²) in [5, 5.41) is 7.77. The molecule has 3 aromatic rings. The van der Waals surface area contributed by atoms with E-state index in [1.165, 1.54) is 6.20 Å². The number of benzene rings is 1. The number of pyridine rings is 1. The molecule has 3 rings (SSSR count). The third-order valence-electron chi connectivity index (χ3n) is 3.99. The van der Waals surface area contributed by atoms with Crippen LogP contribution in [0.25, 0.3) is 11.1 Å². The highest BCUT2D eigenvalue weighted by atomic mass is 16.5. The van der Waals surface area contributed by atoms with Crippen LogP contribution in [0.4, 0.5) is 0 Å². The minimum atomic E-state index is -0.139. The van der Waals surface area contributed by atoms with Gasteiger partial charge in [0.2, 0.25) is 0 Å². The van der Waals surface area contributed by atoms with Gasteiger partial charge in [-0.1, -0.05) is 49.3 Å². The second-order valence-corrected chi connectivity index (χ2v) is 6.41. The van der Waals surface area contributed by atoms with Crippen molar-refractivity contribution in [3.63, 3.8) is 0 Å². The lowest BCUT2D eigenvalue weighted by molar-refractivity contribution is 0.0931. The number of aryl methyl sites for hydroxylation is 1. The topological polar surface area (TPSA) is 68.0 Å². The van der Waals surface area contributed by atoms with Crippen LogP contribution in [0.15, 0.2) is 47.1 Å². The smallest absolute Gasteiger partial charge is 0.257 e. The molecule has 1 N–H and O–H groups in total. The van der Waals surface area contributed by atoms with Crippen LogP contribution in [0.5, 0.6) is 0 Å². The maximum atomic E-state index is 12.7. The van der Waals surface area contributed by atoms with E-state index in [0.717, 1.165) is 23.1 Å². The van der Waals surface area contributed by atoms with Crippen molar-refractivity contribution in [1.82, 2.24) is 15.5 Å². The van der Waals surface area contributed by atoms with E-state index in [1.54, 1.807) is 6.07 Å². The van der Waals surface area contributed by atoms with Crippen LogP contribution < -0.4 is 5.32 Å². The fourth-order valence-corrected chi connectivity index (χ4v) is 2.75. The lowest BCUT2D eigenvalue weighted by atomic mass is 9.96. The zero-order chi connectivity index (χ0) is 17.1. The Morgan fingerprint density at radius 1 is 1.25 bits per heavy atom. The molecule has 0 bridgehead atoms. The van der Waals surface area contributed by atoms with Crippen LogP contribution in [0.2, 0.25) is 0 Å². The number of fused-ring (bicyclic) bond motifs is 1. The van der Waals surface area contributed by atoms with Crippen LogP contribution >= 0.6 is 0 Å². The van der Waals surface area contributed by atoms with Crippen molar-refractivity contribution in [3.05, 3.63) is 59.4 Å². The highest BCUT2D eigenvalue weighted by Crippen LogP contribution is 2.22. The van der Waals surface area contributed by atoms with Crippen molar-refractivity contribution in [2.75, 3.05) is 0 Å². The zero-order valence-electron chi connectivity index (χ0n) is 14.1. The molecular weight excluding hydrogens is 302 g/mol. The van der Waals surface area contributed by atoms with Crippen molar-refractivity contribution in [2.24, 2.45) is 5.92 Å². The van der Waals surface area contributed by atoms with E-state index in [4.69, 9.17) is 4.52 Å². The Hall–Kier alpha value is -2.69. The van der Waals surface area contributed by atoms with E-state index in [2.05, 4.69) is 29.3 Å². The summed E-state index contributed by atoms with van der Waals surface area (Å²) in [6, 6.07) is 11.8. The fraction of sp³-hybridized carbons (Fsp3) is 0.316. The third-order valence-corrected chi connectivity index (χ3v) is 3.99. The molecule has 5 heteroatoms. The summed E-state index contributed by atoms with van der Waals surface area (Å²) in [4.78, 5) is 16.9. The Kier molecular flexibility index (Phi) is 4.60. The molecule has 0 fully saturated rings. The van der Waals surface area contributed by atoms with Gasteiger partial charge in [-0.15, -0.1) is 0 Å². The molecule has 0 aliphatic carbocycles. The molecular formula is C19H21N3O2. The lowest BCUT2D eigenvalue weighted by Crippen LogP contribution is -2.29. The summed E-state index contributed by atoms with van der Waals surface area (Å²) < 4.78 is 5.09. The molecule has 1 atom stereocenters. The van der Waals surface area contributed by atoms with Crippen LogP contribution in [-0.2, 0) is 0 Å². The Morgan fingerprint density at radius 2 is 2.00 bits per heavy atom. The standard InChI is InChI=1S/C19H21N3O2/c1-12(2)9-17(14-7-5-4-6-8-14)21-18(23)15-10-16-13(3)22-24-19(16)20-11-15/h4-8,10-12,17H,9H2,1-3H3,(H,21,23)/t17-/m0/s1. The van der Waals surface area contributed by atoms with Crippen molar-refractivity contribution < 1.29 is 9.32 Å². The number of carbonyl (C=O) groups excluding carboxylic acids is 1. The second-order valence-electron chi connectivity index (χ2n) is 6.41. The first kappa shape index (κ1) is 16.2. The van der Waals surface area contributed by atoms with Crippen molar-refractivity contribution >= 4 is 17.0 Å². The molecule has 1 amide bonds. The van der Waals surface area contributed by atoms with Crippen molar-refractivity contribution in [2.45, 2.75) is 33.2 Å². The van der Waals surface area contributed by atoms with E-state index in [9.17, 15) is 4.79 Å². The molecule has 0 spiro atoms. The maximum absolute atomic E-state index is 12.7. The summed E-state index contributed by atoms with van der Waals surface area (Å²) in [5.74, 6) is 0.330. The molecule has 2 aromatic heterocycles. The summed E-state index contributed by atoms with van der Waals surface area (Å²) >= 11 is 0. The number of hydrogen-bond donors (Lipinski definition) is 1. The average molecular weight is 323 g/mol. The van der Waals surface area contributed by atoms with E-state index in [1.807, 2.05) is 37.3 Å². The van der Waals surface area contributed by atoms with Crippen LogP contribution in [0.3, 0.4) is 0 Å². The quantitative estimate of drug-likeness (QED) is 0.769. The molecule has 0 saturated heterocycles. The number of rotatable bonds is 5. The van der Waals surface area contributed by atoms with E-state index in [-0.39, 0.29) is 11.9 Å². The van der Waals surface area contributed by atoms with Gasteiger partial charge in [0, 0.05) is 6.20 Å². The number of nitrogens with zero attached hydrogens (tertiary/aromatic N) is 2. The number of nitrogens with one attached hydrogen (secondary N) is 1. The Morgan fingerprint density at radius 3 is 2.71 bits per heavy atom. The van der Waals surface area contributed by atoms with Crippen molar-refractivity contribution in [1.29, 1.82) is 0 Å². The predicted octanol–water partition coefficient (Wildman–Crippen LogP) is 4.05. The van der Waals surface area contributed by atoms with Gasteiger partial charge in [0.05, 0.1) is 22.7 Å². The van der Waals surface area contributed by atoms with Gasteiger partial charge in [0.25, 0.3) is 11.6 Å². The minimum Gasteiger partial charge on any atom is -0.345 e. The second kappa shape index (κ2) is 6.83. The van der Waals surface area contributed by atoms with E-state index < -0.39 is 0 Å². The normalized spacial score (nSPS) is 12.5. The van der Waals surface area contributed by atoms with Gasteiger partial charge < -0.3 is 9.84 Å². The molecule has 5 nitrogen and oxygen atoms in total. The maximum Gasteiger partial charge on any atom is 0.257 e. The number of aromatic nitrogens is 2. The molecule has 0 saturated carbocycles. The lowest BCUT2D eigenvalue weighted by Gasteiger charge is -2.21. The number of carbonyl (C=O) groups is 1. The highest BCUT2D eigenvalue weighted by Gasteiger charge is 2.18. The predicted molar refractivity (Wildman–Crippen MR) is 92.6 cm³/mol. The number of amides is 1. The molecule has 0 aliphatic rings. The van der Waals surface area contributed by atoms with Crippen LogP contribution in [-0.4, -0.2) is 16.0 Å². The van der Waals surface area contributed by atoms with Gasteiger partial charge in [-0.25, -0.2) is 4.98 Å². The summed E-state index contributed by atoms with van der Waals surface area (Å²) in [7, 11) is 0. The monoisotopic (exact) mass is 323 g/mol. The average Bonchev–Trinajstić information content (AvgIpc) is 2.95. The minimum absolute atomic E-state index is 0.0297. The van der Waals surface area contributed by atoms with Gasteiger partial charge in [0.15, 0.2) is 0 Å². The first-order valence-corrected chi connectivity index (χ1v) is 8.12. The van der Waals surface area contributed by atoms with Gasteiger partial charge in [0.1, 0.15) is 0 Å². The molecule has 1 aromatic carbocycles. The largest absolute Gasteiger partial charge is 0.345 e. The Bertz CT molecular complexity index is 840. The van der Waals surface area contributed by atoms with Gasteiger partial charge in [-0.3, -0.25) is 4.79 Å². The van der Waals surface area contributed by atoms with Crippen LogP contribution in [0.1, 0.15) is 47.9 Å². The summed E-state index contributed by atoms with van der Waals surface area (Å²) in [5.41, 5.74) is 2.80. The molecule has 0 radical (unpaired) electrons. The van der Waals surface area contributed by atoms with Gasteiger partial charge in [-0.2, -0.15) is 0 Å². The van der Waals surface area contributed by atoms with Crippen molar-refractivity contribution in [3.8, 4) is 0 Å².